The number of hydrogen-bond acceptors (Lipinski definition) is 3. The van der Waals surface area contributed by atoms with E-state index in [2.05, 4.69) is 200 Å². The van der Waals surface area contributed by atoms with E-state index < -0.39 is 0 Å². The average molecular weight is 719 g/mol. The fourth-order valence-electron chi connectivity index (χ4n) is 7.73. The summed E-state index contributed by atoms with van der Waals surface area (Å²) in [6.45, 7) is 0. The van der Waals surface area contributed by atoms with Crippen LogP contribution in [0.1, 0.15) is 0 Å². The lowest BCUT2D eigenvalue weighted by molar-refractivity contribution is 1.18. The van der Waals surface area contributed by atoms with Crippen molar-refractivity contribution in [2.45, 2.75) is 0 Å². The molecule has 0 aliphatic heterocycles. The van der Waals surface area contributed by atoms with Gasteiger partial charge < -0.3 is 0 Å². The predicted octanol–water partition coefficient (Wildman–Crippen LogP) is 14.5. The molecule has 3 heteroatoms. The molecule has 0 N–H and O–H groups in total. The zero-order valence-corrected chi connectivity index (χ0v) is 30.7. The molecule has 55 heavy (non-hydrogen) atoms. The molecule has 0 aliphatic carbocycles. The standard InChI is InChI=1S/C52H34N2S/c1-4-17-35(18-5-1)41-23-10-11-25-43(41)38-31-39(44-28-16-30-50-51(44)46-27-14-15-29-49(46)55-50)33-40(32-38)48-34-47(37-21-8-3-9-22-37)53-52(54-48)45-26-13-12-24-42(45)36-19-6-2-7-20-36/h1-34H. The summed E-state index contributed by atoms with van der Waals surface area (Å²) in [5.74, 6) is 0.693. The fraction of sp³-hybridized carbons (Fsp3) is 0. The normalized spacial score (nSPS) is 11.3. The topological polar surface area (TPSA) is 25.8 Å². The molecule has 0 saturated heterocycles. The number of rotatable bonds is 7. The van der Waals surface area contributed by atoms with Crippen molar-refractivity contribution in [2.24, 2.45) is 0 Å². The van der Waals surface area contributed by atoms with Gasteiger partial charge in [-0.2, -0.15) is 0 Å². The lowest BCUT2D eigenvalue weighted by Crippen LogP contribution is -1.98. The molecule has 10 rings (SSSR count). The molecular formula is C52H34N2S. The maximum atomic E-state index is 5.43. The first-order valence-electron chi connectivity index (χ1n) is 18.6. The minimum atomic E-state index is 0.693. The van der Waals surface area contributed by atoms with E-state index in [4.69, 9.17) is 9.97 Å². The van der Waals surface area contributed by atoms with Gasteiger partial charge in [-0.3, -0.25) is 0 Å². The summed E-state index contributed by atoms with van der Waals surface area (Å²) >= 11 is 1.85. The second kappa shape index (κ2) is 14.1. The van der Waals surface area contributed by atoms with E-state index in [1.165, 1.54) is 42.4 Å². The summed E-state index contributed by atoms with van der Waals surface area (Å²) in [7, 11) is 0. The van der Waals surface area contributed by atoms with Gasteiger partial charge in [-0.05, 0) is 80.9 Å². The van der Waals surface area contributed by atoms with Crippen LogP contribution in [0.2, 0.25) is 0 Å². The van der Waals surface area contributed by atoms with E-state index in [1.807, 2.05) is 17.4 Å². The van der Waals surface area contributed by atoms with Crippen LogP contribution in [-0.4, -0.2) is 9.97 Å². The Hall–Kier alpha value is -6.94. The fourth-order valence-corrected chi connectivity index (χ4v) is 8.86. The van der Waals surface area contributed by atoms with Gasteiger partial charge in [0.2, 0.25) is 0 Å². The van der Waals surface area contributed by atoms with E-state index in [-0.39, 0.29) is 0 Å². The van der Waals surface area contributed by atoms with Crippen LogP contribution in [0.4, 0.5) is 0 Å². The highest BCUT2D eigenvalue weighted by molar-refractivity contribution is 7.25. The molecule has 0 atom stereocenters. The Bertz CT molecular complexity index is 2970. The van der Waals surface area contributed by atoms with Gasteiger partial charge in [0.15, 0.2) is 5.82 Å². The molecule has 2 heterocycles. The molecule has 0 saturated carbocycles. The van der Waals surface area contributed by atoms with Crippen molar-refractivity contribution in [2.75, 3.05) is 0 Å². The summed E-state index contributed by atoms with van der Waals surface area (Å²) in [5, 5.41) is 2.57. The smallest absolute Gasteiger partial charge is 0.161 e. The van der Waals surface area contributed by atoms with Crippen LogP contribution in [0.15, 0.2) is 206 Å². The van der Waals surface area contributed by atoms with Gasteiger partial charge in [-0.25, -0.2) is 9.97 Å². The molecule has 0 bridgehead atoms. The molecule has 8 aromatic carbocycles. The lowest BCUT2D eigenvalue weighted by Gasteiger charge is -2.16. The Morgan fingerprint density at radius 2 is 0.727 bits per heavy atom. The molecule has 2 nitrogen and oxygen atoms in total. The van der Waals surface area contributed by atoms with Gasteiger partial charge in [-0.1, -0.05) is 170 Å². The van der Waals surface area contributed by atoms with Gasteiger partial charge in [0, 0.05) is 36.9 Å². The van der Waals surface area contributed by atoms with E-state index in [9.17, 15) is 0 Å². The lowest BCUT2D eigenvalue weighted by atomic mass is 9.89. The number of fused-ring (bicyclic) bond motifs is 3. The minimum absolute atomic E-state index is 0.693. The summed E-state index contributed by atoms with van der Waals surface area (Å²) in [4.78, 5) is 10.7. The largest absolute Gasteiger partial charge is 0.228 e. The van der Waals surface area contributed by atoms with Crippen molar-refractivity contribution in [1.82, 2.24) is 9.97 Å². The van der Waals surface area contributed by atoms with Gasteiger partial charge >= 0.3 is 0 Å². The summed E-state index contributed by atoms with van der Waals surface area (Å²) < 4.78 is 2.57. The van der Waals surface area contributed by atoms with Gasteiger partial charge in [0.1, 0.15) is 0 Å². The Labute approximate surface area is 324 Å². The third-order valence-corrected chi connectivity index (χ3v) is 11.4. The maximum absolute atomic E-state index is 5.43. The van der Waals surface area contributed by atoms with Crippen molar-refractivity contribution < 1.29 is 0 Å². The third kappa shape index (κ3) is 6.21. The van der Waals surface area contributed by atoms with Crippen LogP contribution in [0.25, 0.3) is 98.6 Å². The quantitative estimate of drug-likeness (QED) is 0.164. The molecular weight excluding hydrogens is 685 g/mol. The number of aromatic nitrogens is 2. The highest BCUT2D eigenvalue weighted by Crippen LogP contribution is 2.43. The van der Waals surface area contributed by atoms with Crippen LogP contribution in [0, 0.1) is 0 Å². The summed E-state index contributed by atoms with van der Waals surface area (Å²) in [6, 6.07) is 73.4. The first kappa shape index (κ1) is 32.7. The molecule has 0 aliphatic rings. The highest BCUT2D eigenvalue weighted by atomic mass is 32.1. The van der Waals surface area contributed by atoms with Crippen molar-refractivity contribution in [3.05, 3.63) is 206 Å². The molecule has 2 aromatic heterocycles. The van der Waals surface area contributed by atoms with Crippen LogP contribution >= 0.6 is 11.3 Å². The SMILES string of the molecule is c1ccc(-c2cc(-c3cc(-c4ccccc4-c4ccccc4)cc(-c4cccc5sc6ccccc6c45)c3)nc(-c3ccccc3-c3ccccc3)n2)cc1. The van der Waals surface area contributed by atoms with Crippen molar-refractivity contribution in [3.8, 4) is 78.4 Å². The number of hydrogen-bond donors (Lipinski definition) is 0. The molecule has 0 unspecified atom stereocenters. The molecule has 0 radical (unpaired) electrons. The molecule has 258 valence electrons. The number of thiophene rings is 1. The molecule has 0 spiro atoms. The average Bonchev–Trinajstić information content (AvgIpc) is 3.66. The molecule has 10 aromatic rings. The van der Waals surface area contributed by atoms with E-state index in [0.29, 0.717) is 5.82 Å². The zero-order valence-electron chi connectivity index (χ0n) is 29.9. The van der Waals surface area contributed by atoms with Gasteiger partial charge in [-0.15, -0.1) is 11.3 Å². The second-order valence-electron chi connectivity index (χ2n) is 13.7. The van der Waals surface area contributed by atoms with Crippen molar-refractivity contribution in [1.29, 1.82) is 0 Å². The van der Waals surface area contributed by atoms with Crippen LogP contribution in [-0.2, 0) is 0 Å². The van der Waals surface area contributed by atoms with E-state index in [1.54, 1.807) is 0 Å². The number of benzene rings is 8. The van der Waals surface area contributed by atoms with E-state index >= 15 is 0 Å². The van der Waals surface area contributed by atoms with Crippen LogP contribution in [0.3, 0.4) is 0 Å². The second-order valence-corrected chi connectivity index (χ2v) is 14.8. The third-order valence-electron chi connectivity index (χ3n) is 10.3. The zero-order chi connectivity index (χ0) is 36.6. The highest BCUT2D eigenvalue weighted by Gasteiger charge is 2.18. The van der Waals surface area contributed by atoms with Crippen molar-refractivity contribution in [3.63, 3.8) is 0 Å². The molecule has 0 fully saturated rings. The number of nitrogens with zero attached hydrogens (tertiary/aromatic N) is 2. The van der Waals surface area contributed by atoms with E-state index in [0.717, 1.165) is 50.3 Å². The van der Waals surface area contributed by atoms with Crippen LogP contribution in [0.5, 0.6) is 0 Å². The first-order chi connectivity index (χ1) is 27.3. The Kier molecular flexibility index (Phi) is 8.40. The first-order valence-corrected chi connectivity index (χ1v) is 19.4. The minimum Gasteiger partial charge on any atom is -0.228 e. The molecule has 0 amide bonds. The monoisotopic (exact) mass is 718 g/mol. The predicted molar refractivity (Wildman–Crippen MR) is 233 cm³/mol. The van der Waals surface area contributed by atoms with Gasteiger partial charge in [0.25, 0.3) is 0 Å². The van der Waals surface area contributed by atoms with Crippen LogP contribution < -0.4 is 0 Å². The Morgan fingerprint density at radius 3 is 1.38 bits per heavy atom. The Balaban J connectivity index is 1.25. The Morgan fingerprint density at radius 1 is 0.291 bits per heavy atom. The summed E-state index contributed by atoms with van der Waals surface area (Å²) in [5.41, 5.74) is 14.1. The van der Waals surface area contributed by atoms with Gasteiger partial charge in [0.05, 0.1) is 11.4 Å². The maximum Gasteiger partial charge on any atom is 0.161 e. The summed E-state index contributed by atoms with van der Waals surface area (Å²) in [6.07, 6.45) is 0. The van der Waals surface area contributed by atoms with Crippen molar-refractivity contribution >= 4 is 31.5 Å².